The zero-order valence-electron chi connectivity index (χ0n) is 7.03. The van der Waals surface area contributed by atoms with Gasteiger partial charge in [-0.15, -0.1) is 0 Å². The molecule has 4 radical (unpaired) electrons. The van der Waals surface area contributed by atoms with Crippen LogP contribution < -0.4 is 0 Å². The maximum Gasteiger partial charge on any atom is 0.485 e. The van der Waals surface area contributed by atoms with Gasteiger partial charge in [-0.3, -0.25) is 0 Å². The van der Waals surface area contributed by atoms with Gasteiger partial charge < -0.3 is 9.11 Å². The van der Waals surface area contributed by atoms with Crippen LogP contribution in [0.2, 0.25) is 0 Å². The Morgan fingerprint density at radius 1 is 0.647 bits per heavy atom. The molecule has 0 heterocycles. The zero-order valence-corrected chi connectivity index (χ0v) is 10.8. The molecular formula is C2F6GeO6S2-2. The second-order valence-electron chi connectivity index (χ2n) is 1.80. The summed E-state index contributed by atoms with van der Waals surface area (Å²) in [5.41, 5.74) is -11.3. The fraction of sp³-hybridized carbons (Fsp3) is 1.00. The number of hydrogen-bond donors (Lipinski definition) is 0. The van der Waals surface area contributed by atoms with Gasteiger partial charge in [0.2, 0.25) is 0 Å². The van der Waals surface area contributed by atoms with E-state index in [1.54, 1.807) is 0 Å². The first-order valence-electron chi connectivity index (χ1n) is 2.54. The predicted octanol–water partition coefficient (Wildman–Crippen LogP) is -0.278. The molecule has 0 unspecified atom stereocenters. The van der Waals surface area contributed by atoms with Crippen molar-refractivity contribution in [1.29, 1.82) is 0 Å². The minimum absolute atomic E-state index is 0. The summed E-state index contributed by atoms with van der Waals surface area (Å²) in [5.74, 6) is 0. The summed E-state index contributed by atoms with van der Waals surface area (Å²) in [7, 11) is -12.2. The van der Waals surface area contributed by atoms with Gasteiger partial charge in [0.25, 0.3) is 0 Å². The largest absolute Gasteiger partial charge is 0.741 e. The van der Waals surface area contributed by atoms with E-state index in [1.807, 2.05) is 0 Å². The van der Waals surface area contributed by atoms with Gasteiger partial charge in [-0.1, -0.05) is 0 Å². The van der Waals surface area contributed by atoms with E-state index < -0.39 is 31.3 Å². The Balaban J connectivity index is -0.000000218. The first kappa shape index (κ1) is 22.2. The van der Waals surface area contributed by atoms with Gasteiger partial charge in [0.1, 0.15) is 0 Å². The monoisotopic (exact) mass is 372 g/mol. The van der Waals surface area contributed by atoms with Crippen molar-refractivity contribution in [2.75, 3.05) is 0 Å². The Bertz CT molecular complexity index is 374. The number of alkyl halides is 6. The summed E-state index contributed by atoms with van der Waals surface area (Å²) in [6.07, 6.45) is 0. The average Bonchev–Trinajstić information content (AvgIpc) is 1.77. The van der Waals surface area contributed by atoms with Crippen molar-refractivity contribution in [1.82, 2.24) is 0 Å². The summed E-state index contributed by atoms with van der Waals surface area (Å²) in [6.45, 7) is 0. The van der Waals surface area contributed by atoms with Gasteiger partial charge in [0.05, 0.1) is 0 Å². The quantitative estimate of drug-likeness (QED) is 0.251. The zero-order chi connectivity index (χ0) is 14.0. The summed E-state index contributed by atoms with van der Waals surface area (Å²) in [6, 6.07) is 0. The van der Waals surface area contributed by atoms with Crippen molar-refractivity contribution in [2.45, 2.75) is 11.0 Å². The predicted molar refractivity (Wildman–Crippen MR) is 37.3 cm³/mol. The van der Waals surface area contributed by atoms with E-state index in [-0.39, 0.29) is 17.6 Å². The third-order valence-electron chi connectivity index (χ3n) is 0.567. The second-order valence-corrected chi connectivity index (χ2v) is 4.54. The molecule has 0 rings (SSSR count). The molecule has 0 amide bonds. The molecule has 15 heteroatoms. The van der Waals surface area contributed by atoms with Crippen molar-refractivity contribution in [3.05, 3.63) is 0 Å². The molecule has 0 aromatic carbocycles. The van der Waals surface area contributed by atoms with Crippen LogP contribution in [0.4, 0.5) is 26.3 Å². The molecule has 0 aromatic heterocycles. The van der Waals surface area contributed by atoms with Gasteiger partial charge >= 0.3 is 11.0 Å². The van der Waals surface area contributed by atoms with Crippen molar-refractivity contribution >= 4 is 37.8 Å². The number of rotatable bonds is 0. The van der Waals surface area contributed by atoms with Crippen molar-refractivity contribution in [3.8, 4) is 0 Å². The van der Waals surface area contributed by atoms with Crippen LogP contribution >= 0.6 is 0 Å². The molecule has 0 aliphatic rings. The van der Waals surface area contributed by atoms with Crippen LogP contribution in [0.15, 0.2) is 0 Å². The summed E-state index contributed by atoms with van der Waals surface area (Å²) in [4.78, 5) is 0. The van der Waals surface area contributed by atoms with Crippen LogP contribution in [-0.4, -0.2) is 54.6 Å². The maximum atomic E-state index is 10.7. The molecule has 6 nitrogen and oxygen atoms in total. The minimum atomic E-state index is -6.09. The van der Waals surface area contributed by atoms with Gasteiger partial charge in [-0.05, 0) is 0 Å². The van der Waals surface area contributed by atoms with E-state index in [2.05, 4.69) is 0 Å². The average molecular weight is 371 g/mol. The summed E-state index contributed by atoms with van der Waals surface area (Å²) < 4.78 is 118. The first-order valence-corrected chi connectivity index (χ1v) is 5.36. The third kappa shape index (κ3) is 9.63. The maximum absolute atomic E-state index is 10.7. The molecule has 0 fully saturated rings. The summed E-state index contributed by atoms with van der Waals surface area (Å²) in [5, 5.41) is 0. The van der Waals surface area contributed by atoms with Crippen LogP contribution in [-0.2, 0) is 20.2 Å². The standard InChI is InChI=1S/2CHF3O3S.Ge/c2*2-1(3,4)8(5,6)7;/h2*(H,5,6,7);/p-2. The molecule has 0 aliphatic heterocycles. The molecule has 0 bridgehead atoms. The van der Waals surface area contributed by atoms with E-state index in [4.69, 9.17) is 25.9 Å². The minimum Gasteiger partial charge on any atom is -0.741 e. The van der Waals surface area contributed by atoms with E-state index >= 15 is 0 Å². The molecule has 0 aromatic rings. The topological polar surface area (TPSA) is 114 Å². The van der Waals surface area contributed by atoms with Crippen molar-refractivity contribution in [2.24, 2.45) is 0 Å². The van der Waals surface area contributed by atoms with Crippen LogP contribution in [0, 0.1) is 0 Å². The van der Waals surface area contributed by atoms with Gasteiger partial charge in [0.15, 0.2) is 20.2 Å². The van der Waals surface area contributed by atoms with E-state index in [9.17, 15) is 26.3 Å². The van der Waals surface area contributed by atoms with Crippen LogP contribution in [0.1, 0.15) is 0 Å². The third-order valence-corrected chi connectivity index (χ3v) is 1.70. The Morgan fingerprint density at radius 3 is 0.706 bits per heavy atom. The fourth-order valence-corrected chi connectivity index (χ4v) is 0. The van der Waals surface area contributed by atoms with E-state index in [0.717, 1.165) is 0 Å². The van der Waals surface area contributed by atoms with Crippen LogP contribution in [0.3, 0.4) is 0 Å². The van der Waals surface area contributed by atoms with Crippen LogP contribution in [0.5, 0.6) is 0 Å². The fourth-order valence-electron chi connectivity index (χ4n) is 0. The van der Waals surface area contributed by atoms with Gasteiger partial charge in [-0.25, -0.2) is 16.8 Å². The molecule has 0 aliphatic carbocycles. The Labute approximate surface area is 101 Å². The Morgan fingerprint density at radius 2 is 0.706 bits per heavy atom. The molecule has 0 N–H and O–H groups in total. The molecule has 0 spiro atoms. The molecule has 0 saturated heterocycles. The van der Waals surface area contributed by atoms with Crippen LogP contribution in [0.25, 0.3) is 0 Å². The van der Waals surface area contributed by atoms with E-state index in [1.165, 1.54) is 0 Å². The normalized spacial score (nSPS) is 13.2. The molecule has 0 atom stereocenters. The smallest absolute Gasteiger partial charge is 0.485 e. The number of halogens is 6. The van der Waals surface area contributed by atoms with Crippen molar-refractivity contribution in [3.63, 3.8) is 0 Å². The Kier molecular flexibility index (Phi) is 8.09. The molecule has 104 valence electrons. The molecule has 0 saturated carbocycles. The SMILES string of the molecule is O=S(=O)([O-])C(F)(F)F.O=S(=O)([O-])C(F)(F)F.[Ge]. The molecule has 17 heavy (non-hydrogen) atoms. The molecular weight excluding hydrogens is 371 g/mol. The second kappa shape index (κ2) is 6.21. The first-order chi connectivity index (χ1) is 6.50. The number of hydrogen-bond acceptors (Lipinski definition) is 6. The van der Waals surface area contributed by atoms with Gasteiger partial charge in [0, 0.05) is 17.6 Å². The van der Waals surface area contributed by atoms with E-state index in [0.29, 0.717) is 0 Å². The van der Waals surface area contributed by atoms with Gasteiger partial charge in [-0.2, -0.15) is 26.3 Å². The summed E-state index contributed by atoms with van der Waals surface area (Å²) >= 11 is 0. The Hall–Kier alpha value is -0.0571. The van der Waals surface area contributed by atoms with Crippen molar-refractivity contribution < 1.29 is 52.3 Å².